The van der Waals surface area contributed by atoms with E-state index in [-0.39, 0.29) is 10.6 Å². The van der Waals surface area contributed by atoms with Gasteiger partial charge in [-0.05, 0) is 62.4 Å². The molecule has 4 nitrogen and oxygen atoms in total. The molecule has 1 heterocycles. The van der Waals surface area contributed by atoms with Gasteiger partial charge < -0.3 is 4.74 Å². The molecule has 2 fully saturated rings. The number of rotatable bonds is 5. The van der Waals surface area contributed by atoms with Crippen molar-refractivity contribution in [2.24, 2.45) is 5.92 Å². The maximum atomic E-state index is 15.6. The molecule has 1 N–H and O–H groups in total. The number of nitriles is 1. The topological polar surface area (TPSA) is 62.1 Å². The lowest BCUT2D eigenvalue weighted by molar-refractivity contribution is -0.157. The Labute approximate surface area is 216 Å². The van der Waals surface area contributed by atoms with Crippen LogP contribution in [0.4, 0.5) is 4.39 Å². The molecule has 186 valence electrons. The molecule has 0 spiro atoms. The van der Waals surface area contributed by atoms with Crippen LogP contribution in [0.3, 0.4) is 0 Å². The minimum Gasteiger partial charge on any atom is -0.459 e. The van der Waals surface area contributed by atoms with E-state index in [4.69, 9.17) is 27.9 Å². The Bertz CT molecular complexity index is 1120. The van der Waals surface area contributed by atoms with Crippen molar-refractivity contribution in [2.45, 2.75) is 81.9 Å². The van der Waals surface area contributed by atoms with Crippen LogP contribution in [0.15, 0.2) is 42.5 Å². The number of hydrogen-bond donors (Lipinski definition) is 1. The molecule has 0 radical (unpaired) electrons. The Kier molecular flexibility index (Phi) is 7.48. The highest BCUT2D eigenvalue weighted by atomic mass is 35.5. The number of nitrogens with one attached hydrogen (secondary N) is 1. The lowest BCUT2D eigenvalue weighted by atomic mass is 9.63. The average molecular weight is 517 g/mol. The van der Waals surface area contributed by atoms with Gasteiger partial charge in [0.05, 0.1) is 11.1 Å². The maximum absolute atomic E-state index is 15.6. The van der Waals surface area contributed by atoms with E-state index in [0.717, 1.165) is 25.7 Å². The van der Waals surface area contributed by atoms with Crippen molar-refractivity contribution in [2.75, 3.05) is 0 Å². The zero-order valence-corrected chi connectivity index (χ0v) is 21.8. The predicted octanol–water partition coefficient (Wildman–Crippen LogP) is 6.94. The van der Waals surface area contributed by atoms with E-state index >= 15 is 4.39 Å². The van der Waals surface area contributed by atoms with Crippen LogP contribution in [0, 0.1) is 23.1 Å². The van der Waals surface area contributed by atoms with Gasteiger partial charge in [-0.1, -0.05) is 73.2 Å². The maximum Gasteiger partial charge on any atom is 0.324 e. The van der Waals surface area contributed by atoms with Crippen molar-refractivity contribution >= 4 is 29.2 Å². The summed E-state index contributed by atoms with van der Waals surface area (Å²) in [7, 11) is 0. The first kappa shape index (κ1) is 25.9. The van der Waals surface area contributed by atoms with Crippen molar-refractivity contribution < 1.29 is 13.9 Å². The van der Waals surface area contributed by atoms with Crippen molar-refractivity contribution in [1.29, 1.82) is 5.26 Å². The number of carbonyl (C=O) groups is 1. The van der Waals surface area contributed by atoms with Crippen molar-refractivity contribution in [3.8, 4) is 6.07 Å². The fraction of sp³-hybridized carbons (Fsp3) is 0.500. The fourth-order valence-electron chi connectivity index (χ4n) is 5.83. The number of nitrogens with zero attached hydrogens (tertiary/aromatic N) is 1. The summed E-state index contributed by atoms with van der Waals surface area (Å²) in [5.74, 6) is -1.56. The number of esters is 1. The SMILES string of the molecule is CC(C)(C)OC(=O)C1N[C@@H](CC2CCCC2)[C@](C#N)(c2ccc(Cl)cc2)[C@H]1c1cccc(Cl)c1F. The van der Waals surface area contributed by atoms with E-state index in [1.165, 1.54) is 6.07 Å². The number of carbonyl (C=O) groups excluding carboxylic acids is 1. The van der Waals surface area contributed by atoms with Crippen LogP contribution >= 0.6 is 23.2 Å². The Morgan fingerprint density at radius 3 is 2.43 bits per heavy atom. The monoisotopic (exact) mass is 516 g/mol. The van der Waals surface area contributed by atoms with Gasteiger partial charge in [0, 0.05) is 17.0 Å². The Hall–Kier alpha value is -2.13. The van der Waals surface area contributed by atoms with Gasteiger partial charge in [0.25, 0.3) is 0 Å². The molecule has 1 unspecified atom stereocenters. The molecule has 0 aromatic heterocycles. The van der Waals surface area contributed by atoms with Crippen molar-refractivity contribution in [1.82, 2.24) is 5.32 Å². The average Bonchev–Trinajstić information content (AvgIpc) is 3.42. The molecular formula is C28H31Cl2FN2O2. The number of ether oxygens (including phenoxy) is 1. The molecule has 7 heteroatoms. The summed E-state index contributed by atoms with van der Waals surface area (Å²) < 4.78 is 21.3. The zero-order chi connectivity index (χ0) is 25.4. The molecule has 1 saturated heterocycles. The first-order valence-corrected chi connectivity index (χ1v) is 12.9. The van der Waals surface area contributed by atoms with Gasteiger partial charge in [-0.2, -0.15) is 5.26 Å². The van der Waals surface area contributed by atoms with Crippen LogP contribution < -0.4 is 5.32 Å². The molecule has 1 aliphatic carbocycles. The minimum atomic E-state index is -1.24. The summed E-state index contributed by atoms with van der Waals surface area (Å²) in [6, 6.07) is 13.1. The molecule has 35 heavy (non-hydrogen) atoms. The second kappa shape index (κ2) is 10.1. The highest BCUT2D eigenvalue weighted by molar-refractivity contribution is 6.31. The lowest BCUT2D eigenvalue weighted by Crippen LogP contribution is -2.43. The van der Waals surface area contributed by atoms with Crippen LogP contribution in [0.25, 0.3) is 0 Å². The summed E-state index contributed by atoms with van der Waals surface area (Å²) in [6.45, 7) is 5.38. The fourth-order valence-corrected chi connectivity index (χ4v) is 6.14. The molecule has 1 saturated carbocycles. The first-order chi connectivity index (χ1) is 16.6. The highest BCUT2D eigenvalue weighted by Crippen LogP contribution is 2.52. The molecule has 2 aromatic rings. The molecule has 2 aliphatic rings. The van der Waals surface area contributed by atoms with E-state index in [2.05, 4.69) is 11.4 Å². The van der Waals surface area contributed by atoms with Crippen LogP contribution in [-0.4, -0.2) is 23.7 Å². The van der Waals surface area contributed by atoms with Gasteiger partial charge in [0.2, 0.25) is 0 Å². The number of benzene rings is 2. The van der Waals surface area contributed by atoms with Crippen LogP contribution in [0.5, 0.6) is 0 Å². The van der Waals surface area contributed by atoms with Crippen LogP contribution in [-0.2, 0) is 14.9 Å². The third kappa shape index (κ3) is 5.07. The Balaban J connectivity index is 1.92. The lowest BCUT2D eigenvalue weighted by Gasteiger charge is -2.36. The summed E-state index contributed by atoms with van der Waals surface area (Å²) >= 11 is 12.4. The Morgan fingerprint density at radius 2 is 1.83 bits per heavy atom. The molecule has 0 bridgehead atoms. The molecular weight excluding hydrogens is 486 g/mol. The third-order valence-corrected chi connectivity index (χ3v) is 7.83. The smallest absolute Gasteiger partial charge is 0.324 e. The normalized spacial score (nSPS) is 27.1. The predicted molar refractivity (Wildman–Crippen MR) is 136 cm³/mol. The minimum absolute atomic E-state index is 0.0485. The van der Waals surface area contributed by atoms with Gasteiger partial charge in [0.1, 0.15) is 22.9 Å². The van der Waals surface area contributed by atoms with E-state index in [1.54, 1.807) is 45.0 Å². The quantitative estimate of drug-likeness (QED) is 0.437. The largest absolute Gasteiger partial charge is 0.459 e. The molecule has 0 amide bonds. The third-order valence-electron chi connectivity index (χ3n) is 7.28. The van der Waals surface area contributed by atoms with Gasteiger partial charge in [-0.15, -0.1) is 0 Å². The van der Waals surface area contributed by atoms with Crippen LogP contribution in [0.1, 0.15) is 69.9 Å². The summed E-state index contributed by atoms with van der Waals surface area (Å²) in [5, 5.41) is 14.8. The van der Waals surface area contributed by atoms with E-state index in [1.807, 2.05) is 12.1 Å². The van der Waals surface area contributed by atoms with Gasteiger partial charge in [-0.3, -0.25) is 10.1 Å². The van der Waals surface area contributed by atoms with E-state index in [9.17, 15) is 10.1 Å². The molecule has 1 aliphatic heterocycles. The number of hydrogen-bond acceptors (Lipinski definition) is 4. The van der Waals surface area contributed by atoms with Gasteiger partial charge in [-0.25, -0.2) is 4.39 Å². The van der Waals surface area contributed by atoms with Crippen molar-refractivity contribution in [3.63, 3.8) is 0 Å². The Morgan fingerprint density at radius 1 is 1.17 bits per heavy atom. The van der Waals surface area contributed by atoms with Gasteiger partial charge >= 0.3 is 5.97 Å². The van der Waals surface area contributed by atoms with Gasteiger partial charge in [0.15, 0.2) is 0 Å². The summed E-state index contributed by atoms with van der Waals surface area (Å²) in [6.07, 6.45) is 5.16. The summed E-state index contributed by atoms with van der Waals surface area (Å²) in [4.78, 5) is 13.5. The van der Waals surface area contributed by atoms with Crippen molar-refractivity contribution in [3.05, 3.63) is 69.5 Å². The molecule has 4 rings (SSSR count). The molecule has 4 atom stereocenters. The van der Waals surface area contributed by atoms with Crippen LogP contribution in [0.2, 0.25) is 10.0 Å². The summed E-state index contributed by atoms with van der Waals surface area (Å²) in [5.41, 5.74) is -1.06. The van der Waals surface area contributed by atoms with E-state index < -0.39 is 40.8 Å². The second-order valence-electron chi connectivity index (χ2n) is 10.7. The standard InChI is InChI=1S/C28H31Cl2FN2O2/c1-27(2,3)35-26(34)25-23(20-9-6-10-21(30)24(20)31)28(16-32,18-11-13-19(29)14-12-18)22(33-25)15-17-7-4-5-8-17/h6,9-14,17,22-23,25,33H,4-5,7-8,15H2,1-3H3/t22-,23-,25?,28-/m0/s1. The molecule has 2 aromatic carbocycles. The second-order valence-corrected chi connectivity index (χ2v) is 11.6. The highest BCUT2D eigenvalue weighted by Gasteiger charge is 2.60. The first-order valence-electron chi connectivity index (χ1n) is 12.2. The van der Waals surface area contributed by atoms with E-state index in [0.29, 0.717) is 22.9 Å². The number of halogens is 3. The zero-order valence-electron chi connectivity index (χ0n) is 20.3.